The zero-order valence-corrected chi connectivity index (χ0v) is 17.1. The summed E-state index contributed by atoms with van der Waals surface area (Å²) < 4.78 is 12.9. The van der Waals surface area contributed by atoms with Gasteiger partial charge in [0, 0.05) is 13.1 Å². The second kappa shape index (κ2) is 7.61. The van der Waals surface area contributed by atoms with Gasteiger partial charge in [-0.25, -0.2) is 4.98 Å². The molecule has 1 rings (SSSR count). The minimum Gasteiger partial charge on any atom is -0.444 e. The summed E-state index contributed by atoms with van der Waals surface area (Å²) in [5.74, 6) is -0.414. The molecule has 1 aromatic rings. The molecule has 24 heavy (non-hydrogen) atoms. The standard InChI is InChI=1S/C17H30N2O4Si/c1-12(2)16(21)22-11-19-9-14(18-15(19)13(3)20)10-23-24(7,8)17(4,5)6/h9,12H,10-11H2,1-8H3. The van der Waals surface area contributed by atoms with E-state index in [0.717, 1.165) is 0 Å². The van der Waals surface area contributed by atoms with Crippen LogP contribution in [0.1, 0.15) is 57.9 Å². The fourth-order valence-corrected chi connectivity index (χ4v) is 2.63. The van der Waals surface area contributed by atoms with E-state index in [-0.39, 0.29) is 35.3 Å². The second-order valence-electron chi connectivity index (χ2n) is 7.88. The van der Waals surface area contributed by atoms with Gasteiger partial charge in [-0.1, -0.05) is 34.6 Å². The van der Waals surface area contributed by atoms with Gasteiger partial charge in [0.1, 0.15) is 0 Å². The molecule has 0 atom stereocenters. The Balaban J connectivity index is 2.86. The molecule has 0 fully saturated rings. The molecule has 1 heterocycles. The quantitative estimate of drug-likeness (QED) is 0.423. The van der Waals surface area contributed by atoms with E-state index >= 15 is 0 Å². The number of nitrogens with zero attached hydrogens (tertiary/aromatic N) is 2. The van der Waals surface area contributed by atoms with Gasteiger partial charge in [-0.2, -0.15) is 0 Å². The van der Waals surface area contributed by atoms with Crippen molar-refractivity contribution in [1.29, 1.82) is 0 Å². The smallest absolute Gasteiger partial charge is 0.310 e. The van der Waals surface area contributed by atoms with Crippen molar-refractivity contribution in [2.24, 2.45) is 5.92 Å². The zero-order valence-electron chi connectivity index (χ0n) is 16.1. The van der Waals surface area contributed by atoms with Crippen molar-refractivity contribution in [2.45, 2.75) is 73.0 Å². The molecule has 0 aliphatic heterocycles. The largest absolute Gasteiger partial charge is 0.444 e. The van der Waals surface area contributed by atoms with E-state index in [1.807, 2.05) is 0 Å². The molecular formula is C17H30N2O4Si. The Morgan fingerprint density at radius 2 is 1.88 bits per heavy atom. The van der Waals surface area contributed by atoms with E-state index in [1.165, 1.54) is 6.92 Å². The average Bonchev–Trinajstić information content (AvgIpc) is 2.84. The maximum atomic E-state index is 11.8. The lowest BCUT2D eigenvalue weighted by molar-refractivity contribution is -0.151. The number of ether oxygens (including phenoxy) is 1. The number of Topliss-reactive ketones (excluding diaryl/α,β-unsaturated/α-hetero) is 1. The summed E-state index contributed by atoms with van der Waals surface area (Å²) >= 11 is 0. The first-order valence-electron chi connectivity index (χ1n) is 8.22. The van der Waals surface area contributed by atoms with Gasteiger partial charge >= 0.3 is 5.97 Å². The molecule has 0 saturated carbocycles. The van der Waals surface area contributed by atoms with Crippen LogP contribution in [0.15, 0.2) is 6.20 Å². The third-order valence-corrected chi connectivity index (χ3v) is 8.82. The van der Waals surface area contributed by atoms with Crippen LogP contribution in [0.3, 0.4) is 0 Å². The van der Waals surface area contributed by atoms with E-state index < -0.39 is 8.32 Å². The van der Waals surface area contributed by atoms with Crippen molar-refractivity contribution >= 4 is 20.1 Å². The summed E-state index contributed by atoms with van der Waals surface area (Å²) in [5.41, 5.74) is 0.672. The van der Waals surface area contributed by atoms with E-state index in [2.05, 4.69) is 38.8 Å². The van der Waals surface area contributed by atoms with Gasteiger partial charge in [0.15, 0.2) is 26.7 Å². The number of hydrogen-bond donors (Lipinski definition) is 0. The van der Waals surface area contributed by atoms with Gasteiger partial charge in [0.05, 0.1) is 18.2 Å². The number of ketones is 1. The van der Waals surface area contributed by atoms with Gasteiger partial charge in [-0.3, -0.25) is 14.2 Å². The average molecular weight is 355 g/mol. The number of aromatic nitrogens is 2. The van der Waals surface area contributed by atoms with Gasteiger partial charge < -0.3 is 9.16 Å². The highest BCUT2D eigenvalue weighted by Crippen LogP contribution is 2.37. The molecule has 0 N–H and O–H groups in total. The SMILES string of the molecule is CC(=O)c1nc(CO[Si](C)(C)C(C)(C)C)cn1COC(=O)C(C)C. The number of hydrogen-bond acceptors (Lipinski definition) is 5. The first-order valence-corrected chi connectivity index (χ1v) is 11.1. The molecule has 136 valence electrons. The number of carbonyl (C=O) groups excluding carboxylic acids is 2. The fraction of sp³-hybridized carbons (Fsp3) is 0.706. The van der Waals surface area contributed by atoms with E-state index in [9.17, 15) is 9.59 Å². The Kier molecular flexibility index (Phi) is 6.52. The molecule has 0 aliphatic carbocycles. The number of esters is 1. The van der Waals surface area contributed by atoms with Crippen LogP contribution in [0.4, 0.5) is 0 Å². The molecule has 0 bridgehead atoms. The molecule has 0 aromatic carbocycles. The second-order valence-corrected chi connectivity index (χ2v) is 12.7. The molecule has 0 unspecified atom stereocenters. The molecule has 6 nitrogen and oxygen atoms in total. The summed E-state index contributed by atoms with van der Waals surface area (Å²) in [6.45, 7) is 16.2. The maximum Gasteiger partial charge on any atom is 0.310 e. The van der Waals surface area contributed by atoms with Crippen molar-refractivity contribution in [3.05, 3.63) is 17.7 Å². The molecule has 0 amide bonds. The van der Waals surface area contributed by atoms with Crippen LogP contribution < -0.4 is 0 Å². The normalized spacial score (nSPS) is 12.5. The van der Waals surface area contributed by atoms with Crippen molar-refractivity contribution < 1.29 is 18.8 Å². The third kappa shape index (κ3) is 5.27. The molecule has 0 saturated heterocycles. The minimum absolute atomic E-state index is 0.0149. The first kappa shape index (κ1) is 20.6. The van der Waals surface area contributed by atoms with Gasteiger partial charge in [-0.15, -0.1) is 0 Å². The highest BCUT2D eigenvalue weighted by molar-refractivity contribution is 6.74. The van der Waals surface area contributed by atoms with Crippen LogP contribution in [0.5, 0.6) is 0 Å². The van der Waals surface area contributed by atoms with E-state index in [4.69, 9.17) is 9.16 Å². The summed E-state index contributed by atoms with van der Waals surface area (Å²) in [5, 5.41) is 0.103. The molecule has 1 aromatic heterocycles. The molecule has 7 heteroatoms. The van der Waals surface area contributed by atoms with Crippen LogP contribution >= 0.6 is 0 Å². The van der Waals surface area contributed by atoms with Crippen molar-refractivity contribution in [1.82, 2.24) is 9.55 Å². The zero-order chi connectivity index (χ0) is 18.7. The lowest BCUT2D eigenvalue weighted by Crippen LogP contribution is -2.40. The summed E-state index contributed by atoms with van der Waals surface area (Å²) in [7, 11) is -1.89. The van der Waals surface area contributed by atoms with Gasteiger partial charge in [0.25, 0.3) is 0 Å². The van der Waals surface area contributed by atoms with E-state index in [0.29, 0.717) is 12.3 Å². The first-order chi connectivity index (χ1) is 10.8. The Hall–Kier alpha value is -1.47. The Morgan fingerprint density at radius 1 is 1.29 bits per heavy atom. The molecule has 0 radical (unpaired) electrons. The Morgan fingerprint density at radius 3 is 2.33 bits per heavy atom. The molecular weight excluding hydrogens is 324 g/mol. The number of carbonyl (C=O) groups is 2. The molecule has 0 aliphatic rings. The van der Waals surface area contributed by atoms with E-state index in [1.54, 1.807) is 24.6 Å². The lowest BCUT2D eigenvalue weighted by atomic mass is 10.2. The summed E-state index contributed by atoms with van der Waals surface area (Å²) in [6, 6.07) is 0. The Labute approximate surface area is 145 Å². The monoisotopic (exact) mass is 354 g/mol. The highest BCUT2D eigenvalue weighted by Gasteiger charge is 2.37. The predicted molar refractivity (Wildman–Crippen MR) is 95.1 cm³/mol. The Bertz CT molecular complexity index is 600. The summed E-state index contributed by atoms with van der Waals surface area (Å²) in [4.78, 5) is 27.7. The van der Waals surface area contributed by atoms with Crippen LogP contribution in [0, 0.1) is 5.92 Å². The van der Waals surface area contributed by atoms with Gasteiger partial charge in [0.2, 0.25) is 0 Å². The van der Waals surface area contributed by atoms with Crippen LogP contribution in [0.25, 0.3) is 0 Å². The van der Waals surface area contributed by atoms with Crippen molar-refractivity contribution in [2.75, 3.05) is 0 Å². The number of rotatable bonds is 7. The van der Waals surface area contributed by atoms with Crippen LogP contribution in [-0.4, -0.2) is 29.6 Å². The molecule has 0 spiro atoms. The van der Waals surface area contributed by atoms with Crippen molar-refractivity contribution in [3.63, 3.8) is 0 Å². The minimum atomic E-state index is -1.89. The highest BCUT2D eigenvalue weighted by atomic mass is 28.4. The predicted octanol–water partition coefficient (Wildman–Crippen LogP) is 3.76. The maximum absolute atomic E-state index is 11.8. The lowest BCUT2D eigenvalue weighted by Gasteiger charge is -2.35. The summed E-state index contributed by atoms with van der Waals surface area (Å²) in [6.07, 6.45) is 1.72. The van der Waals surface area contributed by atoms with Crippen LogP contribution in [-0.2, 0) is 27.3 Å². The topological polar surface area (TPSA) is 70.4 Å². The van der Waals surface area contributed by atoms with Gasteiger partial charge in [-0.05, 0) is 18.1 Å². The van der Waals surface area contributed by atoms with Crippen molar-refractivity contribution in [3.8, 4) is 0 Å². The van der Waals surface area contributed by atoms with Crippen LogP contribution in [0.2, 0.25) is 18.1 Å². The fourth-order valence-electron chi connectivity index (χ4n) is 1.69. The third-order valence-electron chi connectivity index (χ3n) is 4.35. The number of imidazole rings is 1.